The third-order valence-corrected chi connectivity index (χ3v) is 1.53. The van der Waals surface area contributed by atoms with Gasteiger partial charge in [-0.2, -0.15) is 0 Å². The summed E-state index contributed by atoms with van der Waals surface area (Å²) in [5, 5.41) is 0. The van der Waals surface area contributed by atoms with E-state index in [4.69, 9.17) is 4.74 Å². The van der Waals surface area contributed by atoms with Gasteiger partial charge in [-0.25, -0.2) is 0 Å². The predicted octanol–water partition coefficient (Wildman–Crippen LogP) is 2.62. The van der Waals surface area contributed by atoms with Crippen molar-refractivity contribution in [1.29, 1.82) is 0 Å². The number of hydrogen-bond acceptors (Lipinski definition) is 2. The van der Waals surface area contributed by atoms with E-state index in [0.29, 0.717) is 24.9 Å². The molecule has 0 heterocycles. The zero-order valence-corrected chi connectivity index (χ0v) is 8.59. The maximum Gasteiger partial charge on any atom is 0.306 e. The van der Waals surface area contributed by atoms with Gasteiger partial charge in [0.25, 0.3) is 0 Å². The molecule has 0 saturated carbocycles. The highest BCUT2D eigenvalue weighted by Gasteiger charge is 2.05. The fourth-order valence-electron chi connectivity index (χ4n) is 0.801. The lowest BCUT2D eigenvalue weighted by Gasteiger charge is -2.07. The van der Waals surface area contributed by atoms with Gasteiger partial charge >= 0.3 is 5.97 Å². The number of esters is 1. The molecule has 0 rings (SSSR count). The van der Waals surface area contributed by atoms with Crippen LogP contribution in [0.15, 0.2) is 0 Å². The molecule has 0 N–H and O–H groups in total. The quantitative estimate of drug-likeness (QED) is 0.596. The van der Waals surface area contributed by atoms with Crippen LogP contribution in [-0.2, 0) is 9.53 Å². The van der Waals surface area contributed by atoms with Crippen LogP contribution >= 0.6 is 0 Å². The average Bonchev–Trinajstić information content (AvgIpc) is 1.84. The number of hydrogen-bond donors (Lipinski definition) is 0. The molecule has 0 aromatic heterocycles. The monoisotopic (exact) mass is 172 g/mol. The lowest BCUT2D eigenvalue weighted by Crippen LogP contribution is -2.09. The van der Waals surface area contributed by atoms with Crippen LogP contribution in [0.25, 0.3) is 0 Å². The summed E-state index contributed by atoms with van der Waals surface area (Å²) in [6.45, 7) is 8.85. The van der Waals surface area contributed by atoms with Crippen LogP contribution < -0.4 is 0 Å². The minimum Gasteiger partial charge on any atom is -0.466 e. The third-order valence-electron chi connectivity index (χ3n) is 1.53. The van der Waals surface area contributed by atoms with Crippen molar-refractivity contribution in [2.24, 2.45) is 11.8 Å². The molecular formula is C10H20O2. The van der Waals surface area contributed by atoms with E-state index >= 15 is 0 Å². The van der Waals surface area contributed by atoms with Gasteiger partial charge in [-0.05, 0) is 18.3 Å². The second-order valence-corrected chi connectivity index (χ2v) is 4.00. The van der Waals surface area contributed by atoms with Crippen LogP contribution in [0.2, 0.25) is 0 Å². The van der Waals surface area contributed by atoms with Crippen molar-refractivity contribution >= 4 is 5.97 Å². The topological polar surface area (TPSA) is 26.3 Å². The molecule has 0 unspecified atom stereocenters. The molecule has 0 aliphatic heterocycles. The molecule has 0 saturated heterocycles. The Hall–Kier alpha value is -0.530. The summed E-state index contributed by atoms with van der Waals surface area (Å²) in [5.74, 6) is 0.944. The van der Waals surface area contributed by atoms with Crippen molar-refractivity contribution in [1.82, 2.24) is 0 Å². The highest BCUT2D eigenvalue weighted by Crippen LogP contribution is 2.03. The van der Waals surface area contributed by atoms with Crippen LogP contribution in [0.4, 0.5) is 0 Å². The standard InChI is InChI=1S/C10H20O2/c1-8(2)5-6-12-10(11)7-9(3)4/h8-9H,5-7H2,1-4H3. The first-order chi connectivity index (χ1) is 5.52. The number of ether oxygens (including phenoxy) is 1. The van der Waals surface area contributed by atoms with Gasteiger partial charge in [0.15, 0.2) is 0 Å². The van der Waals surface area contributed by atoms with E-state index in [1.165, 1.54) is 0 Å². The second kappa shape index (κ2) is 6.04. The van der Waals surface area contributed by atoms with E-state index in [1.807, 2.05) is 13.8 Å². The van der Waals surface area contributed by atoms with Crippen molar-refractivity contribution in [3.8, 4) is 0 Å². The van der Waals surface area contributed by atoms with E-state index in [2.05, 4.69) is 13.8 Å². The van der Waals surface area contributed by atoms with Crippen molar-refractivity contribution in [2.45, 2.75) is 40.5 Å². The first-order valence-electron chi connectivity index (χ1n) is 4.68. The fraction of sp³-hybridized carbons (Fsp3) is 0.900. The van der Waals surface area contributed by atoms with Crippen molar-refractivity contribution < 1.29 is 9.53 Å². The summed E-state index contributed by atoms with van der Waals surface area (Å²) in [6, 6.07) is 0. The van der Waals surface area contributed by atoms with Crippen LogP contribution in [-0.4, -0.2) is 12.6 Å². The van der Waals surface area contributed by atoms with Gasteiger partial charge in [-0.1, -0.05) is 27.7 Å². The van der Waals surface area contributed by atoms with Gasteiger partial charge in [0.1, 0.15) is 0 Å². The molecule has 0 spiro atoms. The third kappa shape index (κ3) is 7.58. The Labute approximate surface area is 75.3 Å². The molecule has 2 nitrogen and oxygen atoms in total. The van der Waals surface area contributed by atoms with E-state index in [0.717, 1.165) is 6.42 Å². The molecule has 0 aromatic carbocycles. The molecule has 0 atom stereocenters. The Morgan fingerprint density at radius 2 is 1.75 bits per heavy atom. The van der Waals surface area contributed by atoms with Crippen molar-refractivity contribution in [2.75, 3.05) is 6.61 Å². The zero-order chi connectivity index (χ0) is 9.56. The summed E-state index contributed by atoms with van der Waals surface area (Å²) in [6.07, 6.45) is 1.50. The maximum absolute atomic E-state index is 11.0. The molecule has 2 heteroatoms. The molecule has 72 valence electrons. The average molecular weight is 172 g/mol. The zero-order valence-electron chi connectivity index (χ0n) is 8.59. The van der Waals surface area contributed by atoms with Crippen LogP contribution in [0, 0.1) is 11.8 Å². The van der Waals surface area contributed by atoms with Gasteiger partial charge in [0, 0.05) is 6.42 Å². The smallest absolute Gasteiger partial charge is 0.306 e. The maximum atomic E-state index is 11.0. The predicted molar refractivity (Wildman–Crippen MR) is 49.9 cm³/mol. The Bertz CT molecular complexity index is 128. The Morgan fingerprint density at radius 1 is 1.17 bits per heavy atom. The van der Waals surface area contributed by atoms with E-state index in [9.17, 15) is 4.79 Å². The van der Waals surface area contributed by atoms with Crippen LogP contribution in [0.5, 0.6) is 0 Å². The lowest BCUT2D eigenvalue weighted by atomic mass is 10.1. The molecule has 0 aromatic rings. The molecule has 0 amide bonds. The lowest BCUT2D eigenvalue weighted by molar-refractivity contribution is -0.144. The fourth-order valence-corrected chi connectivity index (χ4v) is 0.801. The van der Waals surface area contributed by atoms with Gasteiger partial charge < -0.3 is 4.74 Å². The number of carbonyl (C=O) groups excluding carboxylic acids is 1. The number of carbonyl (C=O) groups is 1. The molecule has 0 aliphatic rings. The molecular weight excluding hydrogens is 152 g/mol. The minimum absolute atomic E-state index is 0.0642. The first kappa shape index (κ1) is 11.5. The highest BCUT2D eigenvalue weighted by atomic mass is 16.5. The first-order valence-corrected chi connectivity index (χ1v) is 4.68. The van der Waals surface area contributed by atoms with Gasteiger partial charge in [0.2, 0.25) is 0 Å². The summed E-state index contributed by atoms with van der Waals surface area (Å²) in [5.41, 5.74) is 0. The summed E-state index contributed by atoms with van der Waals surface area (Å²) in [7, 11) is 0. The van der Waals surface area contributed by atoms with Gasteiger partial charge in [0.05, 0.1) is 6.61 Å². The minimum atomic E-state index is -0.0642. The van der Waals surface area contributed by atoms with E-state index in [1.54, 1.807) is 0 Å². The molecule has 0 aliphatic carbocycles. The normalized spacial score (nSPS) is 10.8. The Morgan fingerprint density at radius 3 is 2.17 bits per heavy atom. The number of rotatable bonds is 5. The van der Waals surface area contributed by atoms with Crippen molar-refractivity contribution in [3.63, 3.8) is 0 Å². The summed E-state index contributed by atoms with van der Waals surface area (Å²) in [4.78, 5) is 11.0. The summed E-state index contributed by atoms with van der Waals surface area (Å²) < 4.78 is 5.02. The van der Waals surface area contributed by atoms with Crippen LogP contribution in [0.3, 0.4) is 0 Å². The van der Waals surface area contributed by atoms with E-state index in [-0.39, 0.29) is 5.97 Å². The van der Waals surface area contributed by atoms with Crippen molar-refractivity contribution in [3.05, 3.63) is 0 Å². The van der Waals surface area contributed by atoms with E-state index < -0.39 is 0 Å². The van der Waals surface area contributed by atoms with Crippen LogP contribution in [0.1, 0.15) is 40.5 Å². The molecule has 12 heavy (non-hydrogen) atoms. The van der Waals surface area contributed by atoms with Gasteiger partial charge in [-0.15, -0.1) is 0 Å². The van der Waals surface area contributed by atoms with Gasteiger partial charge in [-0.3, -0.25) is 4.79 Å². The highest BCUT2D eigenvalue weighted by molar-refractivity contribution is 5.69. The Kier molecular flexibility index (Phi) is 5.77. The second-order valence-electron chi connectivity index (χ2n) is 4.00. The summed E-state index contributed by atoms with van der Waals surface area (Å²) >= 11 is 0. The Balaban J connectivity index is 3.32. The molecule has 0 radical (unpaired) electrons. The largest absolute Gasteiger partial charge is 0.466 e. The SMILES string of the molecule is CC(C)CCOC(=O)CC(C)C. The molecule has 0 fully saturated rings. The molecule has 0 bridgehead atoms.